The van der Waals surface area contributed by atoms with Crippen molar-refractivity contribution in [1.82, 2.24) is 0 Å². The third kappa shape index (κ3) is 5.87. The van der Waals surface area contributed by atoms with E-state index >= 15 is 0 Å². The van der Waals surface area contributed by atoms with Gasteiger partial charge in [0, 0.05) is 11.1 Å². The molecule has 2 amide bonds. The van der Waals surface area contributed by atoms with Crippen LogP contribution in [0.5, 0.6) is 0 Å². The number of amides is 2. The SMILES string of the molecule is Cc1cc([N+](=O)[O-])c(N(C(=O)OC(C)(C)C)C(=O)OC(C)(C)C)cc1Cl. The number of nitrogens with zero attached hydrogens (tertiary/aromatic N) is 2. The highest BCUT2D eigenvalue weighted by Gasteiger charge is 2.37. The molecule has 0 N–H and O–H groups in total. The van der Waals surface area contributed by atoms with E-state index in [1.54, 1.807) is 48.5 Å². The molecule has 8 nitrogen and oxygen atoms in total. The van der Waals surface area contributed by atoms with Gasteiger partial charge in [-0.15, -0.1) is 0 Å². The number of carbonyl (C=O) groups is 2. The first kappa shape index (κ1) is 21.7. The molecule has 0 fully saturated rings. The molecule has 1 rings (SSSR count). The number of nitro groups is 1. The number of aryl methyl sites for hydroxylation is 1. The Kier molecular flexibility index (Phi) is 6.25. The maximum absolute atomic E-state index is 12.6. The number of ether oxygens (including phenoxy) is 2. The van der Waals surface area contributed by atoms with E-state index in [9.17, 15) is 19.7 Å². The quantitative estimate of drug-likeness (QED) is 0.509. The Labute approximate surface area is 157 Å². The van der Waals surface area contributed by atoms with Gasteiger partial charge in [-0.3, -0.25) is 10.1 Å². The van der Waals surface area contributed by atoms with Gasteiger partial charge in [0.15, 0.2) is 0 Å². The maximum atomic E-state index is 12.6. The summed E-state index contributed by atoms with van der Waals surface area (Å²) < 4.78 is 10.4. The van der Waals surface area contributed by atoms with Crippen LogP contribution in [-0.4, -0.2) is 28.3 Å². The number of nitro benzene ring substituents is 1. The fourth-order valence-corrected chi connectivity index (χ4v) is 2.03. The number of hydrogen-bond acceptors (Lipinski definition) is 6. The van der Waals surface area contributed by atoms with E-state index in [-0.39, 0.29) is 10.7 Å². The first-order valence-electron chi connectivity index (χ1n) is 7.83. The number of benzene rings is 1. The van der Waals surface area contributed by atoms with Crippen LogP contribution in [0.25, 0.3) is 0 Å². The Balaban J connectivity index is 3.55. The van der Waals surface area contributed by atoms with Gasteiger partial charge in [-0.25, -0.2) is 9.59 Å². The van der Waals surface area contributed by atoms with Crippen molar-refractivity contribution in [3.63, 3.8) is 0 Å². The second-order valence-corrected chi connectivity index (χ2v) is 8.05. The van der Waals surface area contributed by atoms with Gasteiger partial charge in [0.1, 0.15) is 16.9 Å². The van der Waals surface area contributed by atoms with Crippen molar-refractivity contribution in [1.29, 1.82) is 0 Å². The first-order chi connectivity index (χ1) is 11.6. The van der Waals surface area contributed by atoms with Crippen LogP contribution >= 0.6 is 11.6 Å². The maximum Gasteiger partial charge on any atom is 0.424 e. The minimum atomic E-state index is -1.10. The molecule has 0 aliphatic heterocycles. The Morgan fingerprint density at radius 3 is 1.81 bits per heavy atom. The molecule has 0 heterocycles. The highest BCUT2D eigenvalue weighted by atomic mass is 35.5. The van der Waals surface area contributed by atoms with Crippen LogP contribution in [0.1, 0.15) is 47.1 Å². The lowest BCUT2D eigenvalue weighted by atomic mass is 10.1. The number of halogens is 1. The molecule has 0 saturated heterocycles. The van der Waals surface area contributed by atoms with Crippen molar-refractivity contribution in [2.24, 2.45) is 0 Å². The van der Waals surface area contributed by atoms with Crippen molar-refractivity contribution in [3.8, 4) is 0 Å². The molecule has 0 saturated carbocycles. The monoisotopic (exact) mass is 386 g/mol. The van der Waals surface area contributed by atoms with E-state index in [0.29, 0.717) is 10.5 Å². The number of anilines is 1. The highest BCUT2D eigenvalue weighted by Crippen LogP contribution is 2.35. The van der Waals surface area contributed by atoms with Gasteiger partial charge in [-0.2, -0.15) is 4.90 Å². The lowest BCUT2D eigenvalue weighted by Gasteiger charge is -2.28. The van der Waals surface area contributed by atoms with Crippen LogP contribution in [0.2, 0.25) is 5.02 Å². The predicted molar refractivity (Wildman–Crippen MR) is 97.8 cm³/mol. The number of hydrogen-bond donors (Lipinski definition) is 0. The second-order valence-electron chi connectivity index (χ2n) is 7.64. The minimum Gasteiger partial charge on any atom is -0.443 e. The Hall–Kier alpha value is -2.35. The summed E-state index contributed by atoms with van der Waals surface area (Å²) in [5.41, 5.74) is -2.23. The van der Waals surface area contributed by atoms with E-state index in [4.69, 9.17) is 21.1 Å². The normalized spacial score (nSPS) is 11.7. The van der Waals surface area contributed by atoms with E-state index in [0.717, 1.165) is 0 Å². The highest BCUT2D eigenvalue weighted by molar-refractivity contribution is 6.32. The predicted octanol–water partition coefficient (Wildman–Crippen LogP) is 5.23. The summed E-state index contributed by atoms with van der Waals surface area (Å²) in [6.07, 6.45) is -2.20. The summed E-state index contributed by atoms with van der Waals surface area (Å²) in [4.78, 5) is 36.4. The molecule has 0 aromatic heterocycles. The Bertz CT molecular complexity index is 706. The Morgan fingerprint density at radius 1 is 1.04 bits per heavy atom. The van der Waals surface area contributed by atoms with Crippen LogP contribution in [0.4, 0.5) is 21.0 Å². The fraction of sp³-hybridized carbons (Fsp3) is 0.529. The zero-order valence-corrected chi connectivity index (χ0v) is 16.6. The van der Waals surface area contributed by atoms with Crippen LogP contribution < -0.4 is 4.90 Å². The summed E-state index contributed by atoms with van der Waals surface area (Å²) in [5, 5.41) is 11.6. The topological polar surface area (TPSA) is 99.0 Å². The standard InChI is InChI=1S/C17H23ClN2O6/c1-10-8-13(20(23)24)12(9-11(10)18)19(14(21)25-16(2,3)4)15(22)26-17(5,6)7/h8-9H,1-7H3. The van der Waals surface area contributed by atoms with E-state index < -0.39 is 34.0 Å². The zero-order chi connectivity index (χ0) is 20.4. The summed E-state index contributed by atoms with van der Waals surface area (Å²) in [5.74, 6) is 0. The first-order valence-corrected chi connectivity index (χ1v) is 8.21. The number of carbonyl (C=O) groups excluding carboxylic acids is 2. The van der Waals surface area contributed by atoms with Crippen LogP contribution in [-0.2, 0) is 9.47 Å². The molecule has 0 aliphatic rings. The minimum absolute atomic E-state index is 0.155. The average Bonchev–Trinajstić information content (AvgIpc) is 2.38. The van der Waals surface area contributed by atoms with E-state index in [1.165, 1.54) is 12.1 Å². The van der Waals surface area contributed by atoms with Crippen molar-refractivity contribution in [2.45, 2.75) is 59.7 Å². The molecular weight excluding hydrogens is 364 g/mol. The molecule has 0 aliphatic carbocycles. The van der Waals surface area contributed by atoms with E-state index in [2.05, 4.69) is 0 Å². The molecular formula is C17H23ClN2O6. The molecule has 9 heteroatoms. The lowest BCUT2D eigenvalue weighted by molar-refractivity contribution is -0.384. The van der Waals surface area contributed by atoms with Gasteiger partial charge in [0.2, 0.25) is 0 Å². The molecule has 0 bridgehead atoms. The second kappa shape index (κ2) is 7.49. The summed E-state index contributed by atoms with van der Waals surface area (Å²) in [6.45, 7) is 11.2. The van der Waals surface area contributed by atoms with Gasteiger partial charge in [0.05, 0.1) is 4.92 Å². The summed E-state index contributed by atoms with van der Waals surface area (Å²) in [7, 11) is 0. The smallest absolute Gasteiger partial charge is 0.424 e. The number of rotatable bonds is 2. The van der Waals surface area contributed by atoms with Gasteiger partial charge < -0.3 is 9.47 Å². The van der Waals surface area contributed by atoms with Gasteiger partial charge >= 0.3 is 12.2 Å². The van der Waals surface area contributed by atoms with Crippen molar-refractivity contribution in [2.75, 3.05) is 4.90 Å². The third-order valence-corrected chi connectivity index (χ3v) is 3.25. The molecule has 0 unspecified atom stereocenters. The van der Waals surface area contributed by atoms with Gasteiger partial charge in [-0.05, 0) is 60.1 Å². The summed E-state index contributed by atoms with van der Waals surface area (Å²) >= 11 is 6.06. The Morgan fingerprint density at radius 2 is 1.46 bits per heavy atom. The fourth-order valence-electron chi connectivity index (χ4n) is 1.87. The lowest BCUT2D eigenvalue weighted by Crippen LogP contribution is -2.44. The van der Waals surface area contributed by atoms with Crippen molar-refractivity contribution >= 4 is 35.2 Å². The largest absolute Gasteiger partial charge is 0.443 e. The van der Waals surface area contributed by atoms with Crippen LogP contribution in [0, 0.1) is 17.0 Å². The zero-order valence-electron chi connectivity index (χ0n) is 15.9. The van der Waals surface area contributed by atoms with E-state index in [1.807, 2.05) is 0 Å². The molecule has 0 spiro atoms. The van der Waals surface area contributed by atoms with Crippen LogP contribution in [0.15, 0.2) is 12.1 Å². The van der Waals surface area contributed by atoms with Gasteiger partial charge in [0.25, 0.3) is 5.69 Å². The summed E-state index contributed by atoms with van der Waals surface area (Å²) in [6, 6.07) is 2.35. The number of imide groups is 1. The molecule has 26 heavy (non-hydrogen) atoms. The van der Waals surface area contributed by atoms with Gasteiger partial charge in [-0.1, -0.05) is 11.6 Å². The average molecular weight is 387 g/mol. The molecule has 1 aromatic rings. The molecule has 0 atom stereocenters. The molecule has 1 aromatic carbocycles. The van der Waals surface area contributed by atoms with Crippen molar-refractivity contribution in [3.05, 3.63) is 32.8 Å². The van der Waals surface area contributed by atoms with Crippen molar-refractivity contribution < 1.29 is 24.0 Å². The molecule has 0 radical (unpaired) electrons. The third-order valence-electron chi connectivity index (χ3n) is 2.85. The molecule has 144 valence electrons. The van der Waals surface area contributed by atoms with Crippen LogP contribution in [0.3, 0.4) is 0 Å².